The number of rotatable bonds is 5. The first-order valence-electron chi connectivity index (χ1n) is 7.96. The van der Waals surface area contributed by atoms with E-state index in [2.05, 4.69) is 17.3 Å². The number of piperidine rings is 1. The maximum atomic E-state index is 12.6. The highest BCUT2D eigenvalue weighted by Crippen LogP contribution is 2.22. The van der Waals surface area contributed by atoms with Gasteiger partial charge in [-0.25, -0.2) is 0 Å². The van der Waals surface area contributed by atoms with Gasteiger partial charge >= 0.3 is 6.18 Å². The summed E-state index contributed by atoms with van der Waals surface area (Å²) in [6.07, 6.45) is 2.33. The molecular weight excluding hydrogens is 309 g/mol. The molecule has 0 radical (unpaired) electrons. The van der Waals surface area contributed by atoms with Crippen molar-refractivity contribution in [2.45, 2.75) is 64.3 Å². The third kappa shape index (κ3) is 4.87. The third-order valence-electron chi connectivity index (χ3n) is 4.11. The van der Waals surface area contributed by atoms with Crippen LogP contribution in [0.25, 0.3) is 0 Å². The largest absolute Gasteiger partial charge is 0.408 e. The quantitative estimate of drug-likeness (QED) is 0.902. The summed E-state index contributed by atoms with van der Waals surface area (Å²) in [7, 11) is 0. The van der Waals surface area contributed by atoms with Crippen molar-refractivity contribution >= 4 is 11.6 Å². The summed E-state index contributed by atoms with van der Waals surface area (Å²) in [5, 5.41) is 6.61. The highest BCUT2D eigenvalue weighted by atomic mass is 19.4. The molecule has 1 N–H and O–H groups in total. The van der Waals surface area contributed by atoms with E-state index in [-0.39, 0.29) is 11.9 Å². The maximum absolute atomic E-state index is 12.6. The molecule has 130 valence electrons. The van der Waals surface area contributed by atoms with Gasteiger partial charge in [0.15, 0.2) is 0 Å². The molecule has 1 aliphatic rings. The molecule has 5 nitrogen and oxygen atoms in total. The predicted octanol–water partition coefficient (Wildman–Crippen LogP) is 3.04. The zero-order chi connectivity index (χ0) is 17.0. The van der Waals surface area contributed by atoms with Crippen LogP contribution < -0.4 is 5.32 Å². The van der Waals surface area contributed by atoms with Crippen LogP contribution in [0.4, 0.5) is 18.9 Å². The van der Waals surface area contributed by atoms with E-state index < -0.39 is 18.8 Å². The molecule has 1 saturated heterocycles. The number of aromatic nitrogens is 2. The minimum Gasteiger partial charge on any atom is -0.371 e. The van der Waals surface area contributed by atoms with Gasteiger partial charge in [0.2, 0.25) is 5.91 Å². The maximum Gasteiger partial charge on any atom is 0.408 e. The lowest BCUT2D eigenvalue weighted by Crippen LogP contribution is -2.49. The number of anilines is 1. The Balaban J connectivity index is 1.95. The summed E-state index contributed by atoms with van der Waals surface area (Å²) in [6, 6.07) is -0.237. The van der Waals surface area contributed by atoms with E-state index in [0.29, 0.717) is 5.69 Å². The molecule has 1 aliphatic heterocycles. The van der Waals surface area contributed by atoms with Crippen molar-refractivity contribution in [2.75, 3.05) is 11.9 Å². The van der Waals surface area contributed by atoms with Crippen LogP contribution in [0, 0.1) is 0 Å². The van der Waals surface area contributed by atoms with Crippen molar-refractivity contribution in [1.82, 2.24) is 14.7 Å². The molecule has 2 heterocycles. The summed E-state index contributed by atoms with van der Waals surface area (Å²) < 4.78 is 37.8. The van der Waals surface area contributed by atoms with Crippen LogP contribution in [0.2, 0.25) is 0 Å². The van der Waals surface area contributed by atoms with E-state index in [1.165, 1.54) is 12.4 Å². The Bertz CT molecular complexity index is 529. The van der Waals surface area contributed by atoms with Gasteiger partial charge in [-0.3, -0.25) is 9.48 Å². The molecule has 2 rings (SSSR count). The minimum absolute atomic E-state index is 0.0138. The standard InChI is InChI=1S/C15H23F3N4O/c1-3-13-6-4-5-7-22(13)14(23)11(2)20-12-8-19-21(9-12)10-15(16,17)18/h8-9,11,13,20H,3-7,10H2,1-2H3/t11-,13-/m1/s1. The number of amides is 1. The van der Waals surface area contributed by atoms with Crippen LogP contribution in [0.3, 0.4) is 0 Å². The molecule has 0 unspecified atom stereocenters. The number of halogens is 3. The Kier molecular flexibility index (Phi) is 5.54. The predicted molar refractivity (Wildman–Crippen MR) is 81.0 cm³/mol. The molecule has 0 saturated carbocycles. The molecule has 0 aromatic carbocycles. The molecule has 1 aromatic heterocycles. The van der Waals surface area contributed by atoms with Crippen molar-refractivity contribution in [2.24, 2.45) is 0 Å². The second kappa shape index (κ2) is 7.23. The Labute approximate surface area is 133 Å². The van der Waals surface area contributed by atoms with Gasteiger partial charge < -0.3 is 10.2 Å². The lowest BCUT2D eigenvalue weighted by molar-refractivity contribution is -0.142. The Morgan fingerprint density at radius 3 is 2.87 bits per heavy atom. The normalized spacial score (nSPS) is 20.4. The first-order valence-corrected chi connectivity index (χ1v) is 7.96. The van der Waals surface area contributed by atoms with E-state index in [4.69, 9.17) is 0 Å². The molecule has 0 spiro atoms. The highest BCUT2D eigenvalue weighted by molar-refractivity contribution is 5.84. The van der Waals surface area contributed by atoms with Crippen molar-refractivity contribution in [3.05, 3.63) is 12.4 Å². The van der Waals surface area contributed by atoms with Crippen LogP contribution in [-0.4, -0.2) is 45.4 Å². The van der Waals surface area contributed by atoms with Crippen molar-refractivity contribution in [1.29, 1.82) is 0 Å². The monoisotopic (exact) mass is 332 g/mol. The van der Waals surface area contributed by atoms with Crippen LogP contribution in [0.15, 0.2) is 12.4 Å². The van der Waals surface area contributed by atoms with Crippen molar-refractivity contribution in [3.63, 3.8) is 0 Å². The minimum atomic E-state index is -4.31. The van der Waals surface area contributed by atoms with Crippen molar-refractivity contribution < 1.29 is 18.0 Å². The number of hydrogen-bond donors (Lipinski definition) is 1. The van der Waals surface area contributed by atoms with Gasteiger partial charge in [0.25, 0.3) is 0 Å². The number of likely N-dealkylation sites (tertiary alicyclic amines) is 1. The van der Waals surface area contributed by atoms with E-state index in [9.17, 15) is 18.0 Å². The SMILES string of the molecule is CC[C@@H]1CCCCN1C(=O)[C@@H](C)Nc1cnn(CC(F)(F)F)c1. The summed E-state index contributed by atoms with van der Waals surface area (Å²) in [5.74, 6) is -0.0138. The number of alkyl halides is 3. The Morgan fingerprint density at radius 1 is 1.48 bits per heavy atom. The average Bonchev–Trinajstić information content (AvgIpc) is 2.91. The second-order valence-electron chi connectivity index (χ2n) is 6.00. The molecule has 0 bridgehead atoms. The number of nitrogens with one attached hydrogen (secondary N) is 1. The molecule has 1 aromatic rings. The first-order chi connectivity index (χ1) is 10.8. The summed E-state index contributed by atoms with van der Waals surface area (Å²) >= 11 is 0. The van der Waals surface area contributed by atoms with Gasteiger partial charge in [0.05, 0.1) is 11.9 Å². The van der Waals surface area contributed by atoms with Crippen molar-refractivity contribution in [3.8, 4) is 0 Å². The van der Waals surface area contributed by atoms with E-state index in [1.54, 1.807) is 6.92 Å². The number of carbonyl (C=O) groups excluding carboxylic acids is 1. The van der Waals surface area contributed by atoms with Crippen LogP contribution >= 0.6 is 0 Å². The van der Waals surface area contributed by atoms with Crippen LogP contribution in [-0.2, 0) is 11.3 Å². The van der Waals surface area contributed by atoms with Crippen LogP contribution in [0.1, 0.15) is 39.5 Å². The smallest absolute Gasteiger partial charge is 0.371 e. The van der Waals surface area contributed by atoms with Gasteiger partial charge in [-0.2, -0.15) is 18.3 Å². The summed E-state index contributed by atoms with van der Waals surface area (Å²) in [6.45, 7) is 3.40. The fourth-order valence-corrected chi connectivity index (χ4v) is 2.98. The molecule has 1 fully saturated rings. The molecule has 1 amide bonds. The molecule has 23 heavy (non-hydrogen) atoms. The molecular formula is C15H23F3N4O. The lowest BCUT2D eigenvalue weighted by atomic mass is 9.99. The number of carbonyl (C=O) groups is 1. The Hall–Kier alpha value is -1.73. The second-order valence-corrected chi connectivity index (χ2v) is 6.00. The molecule has 8 heteroatoms. The van der Waals surface area contributed by atoms with E-state index >= 15 is 0 Å². The summed E-state index contributed by atoms with van der Waals surface area (Å²) in [5.41, 5.74) is 0.417. The van der Waals surface area contributed by atoms with Crippen LogP contribution in [0.5, 0.6) is 0 Å². The lowest BCUT2D eigenvalue weighted by Gasteiger charge is -2.37. The number of nitrogens with zero attached hydrogens (tertiary/aromatic N) is 3. The number of hydrogen-bond acceptors (Lipinski definition) is 3. The summed E-state index contributed by atoms with van der Waals surface area (Å²) in [4.78, 5) is 14.5. The van der Waals surface area contributed by atoms with Gasteiger partial charge in [-0.1, -0.05) is 6.92 Å². The fraction of sp³-hybridized carbons (Fsp3) is 0.733. The zero-order valence-corrected chi connectivity index (χ0v) is 13.4. The van der Waals surface area contributed by atoms with Gasteiger partial charge in [-0.05, 0) is 32.6 Å². The third-order valence-corrected chi connectivity index (χ3v) is 4.11. The van der Waals surface area contributed by atoms with Gasteiger partial charge in [-0.15, -0.1) is 0 Å². The molecule has 2 atom stereocenters. The van der Waals surface area contributed by atoms with Gasteiger partial charge in [0, 0.05) is 18.8 Å². The zero-order valence-electron chi connectivity index (χ0n) is 13.4. The van der Waals surface area contributed by atoms with Gasteiger partial charge in [0.1, 0.15) is 12.6 Å². The molecule has 0 aliphatic carbocycles. The fourth-order valence-electron chi connectivity index (χ4n) is 2.98. The average molecular weight is 332 g/mol. The van der Waals surface area contributed by atoms with E-state index in [0.717, 1.165) is 36.9 Å². The topological polar surface area (TPSA) is 50.2 Å². The van der Waals surface area contributed by atoms with E-state index in [1.807, 2.05) is 4.90 Å². The first kappa shape index (κ1) is 17.6. The highest BCUT2D eigenvalue weighted by Gasteiger charge is 2.30. The Morgan fingerprint density at radius 2 is 2.22 bits per heavy atom.